The second-order valence-corrected chi connectivity index (χ2v) is 10.9. The molecule has 0 radical (unpaired) electrons. The molecule has 194 valence electrons. The maximum absolute atomic E-state index is 9.46. The Labute approximate surface area is 220 Å². The Morgan fingerprint density at radius 2 is 1.92 bits per heavy atom. The molecule has 1 aromatic rings. The third kappa shape index (κ3) is 8.17. The van der Waals surface area contributed by atoms with Gasteiger partial charge in [0.2, 0.25) is 0 Å². The molecule has 36 heavy (non-hydrogen) atoms. The van der Waals surface area contributed by atoms with Crippen molar-refractivity contribution in [2.24, 2.45) is 16.8 Å². The third-order valence-corrected chi connectivity index (χ3v) is 7.31. The van der Waals surface area contributed by atoms with Crippen molar-refractivity contribution in [1.82, 2.24) is 5.32 Å². The Hall–Kier alpha value is -2.70. The van der Waals surface area contributed by atoms with Crippen LogP contribution in [-0.2, 0) is 0 Å². The maximum Gasteiger partial charge on any atom is 0.0991 e. The topological polar surface area (TPSA) is 48.2 Å². The first-order valence-electron chi connectivity index (χ1n) is 13.5. The van der Waals surface area contributed by atoms with E-state index in [1.54, 1.807) is 0 Å². The molecule has 1 aromatic carbocycles. The van der Waals surface area contributed by atoms with Crippen LogP contribution in [0.3, 0.4) is 0 Å². The Kier molecular flexibility index (Phi) is 11.6. The van der Waals surface area contributed by atoms with E-state index in [4.69, 9.17) is 0 Å². The van der Waals surface area contributed by atoms with Gasteiger partial charge >= 0.3 is 0 Å². The van der Waals surface area contributed by atoms with Crippen LogP contribution in [0.5, 0.6) is 0 Å². The molecule has 1 aliphatic rings. The van der Waals surface area contributed by atoms with Crippen LogP contribution in [0.1, 0.15) is 89.3 Å². The van der Waals surface area contributed by atoms with Crippen molar-refractivity contribution in [3.63, 3.8) is 0 Å². The lowest BCUT2D eigenvalue weighted by atomic mass is 9.72. The summed E-state index contributed by atoms with van der Waals surface area (Å²) >= 11 is 0. The molecule has 3 nitrogen and oxygen atoms in total. The van der Waals surface area contributed by atoms with Gasteiger partial charge in [-0.2, -0.15) is 5.26 Å². The van der Waals surface area contributed by atoms with E-state index < -0.39 is 0 Å². The van der Waals surface area contributed by atoms with Crippen LogP contribution in [0.25, 0.3) is 0 Å². The van der Waals surface area contributed by atoms with Crippen molar-refractivity contribution in [2.45, 2.75) is 79.6 Å². The fourth-order valence-electron chi connectivity index (χ4n) is 4.86. The average Bonchev–Trinajstić information content (AvgIpc) is 2.79. The summed E-state index contributed by atoms with van der Waals surface area (Å²) < 4.78 is 0. The number of nitrogens with zero attached hydrogens (tertiary/aromatic N) is 2. The van der Waals surface area contributed by atoms with Gasteiger partial charge in [-0.3, -0.25) is 4.99 Å². The summed E-state index contributed by atoms with van der Waals surface area (Å²) in [5.74, 6) is 1.38. The van der Waals surface area contributed by atoms with Gasteiger partial charge in [-0.1, -0.05) is 63.6 Å². The molecular weight excluding hydrogens is 438 g/mol. The Morgan fingerprint density at radius 3 is 2.44 bits per heavy atom. The minimum absolute atomic E-state index is 0.198. The van der Waals surface area contributed by atoms with Gasteiger partial charge in [0.15, 0.2) is 0 Å². The monoisotopic (exact) mass is 485 g/mol. The van der Waals surface area contributed by atoms with Crippen LogP contribution >= 0.6 is 0 Å². The van der Waals surface area contributed by atoms with Gasteiger partial charge in [-0.25, -0.2) is 0 Å². The smallest absolute Gasteiger partial charge is 0.0991 e. The largest absolute Gasteiger partial charge is 0.316 e. The van der Waals surface area contributed by atoms with Gasteiger partial charge in [0, 0.05) is 18.3 Å². The standard InChI is InChI=1S/C33H47N3/c1-22(2)21-36-16-15-24(5)17-30(23(3)4)33(27(8)35-9)32(29-11-10-12-29)18-26(7)31-19-28(20-34)14-13-25(31)6/h13-14,18-19,22,26,29,36H,3,5,10-12,15-17,21H2,1-2,4,6-9H3/b32-18-,33-30+,35-27-. The first-order valence-corrected chi connectivity index (χ1v) is 13.5. The predicted octanol–water partition coefficient (Wildman–Crippen LogP) is 8.24. The second kappa shape index (κ2) is 14.1. The summed E-state index contributed by atoms with van der Waals surface area (Å²) in [6.45, 7) is 23.9. The molecule has 1 unspecified atom stereocenters. The summed E-state index contributed by atoms with van der Waals surface area (Å²) in [5, 5.41) is 13.0. The Morgan fingerprint density at radius 1 is 1.22 bits per heavy atom. The molecular formula is C33H47N3. The number of nitriles is 1. The molecule has 3 heteroatoms. The van der Waals surface area contributed by atoms with Crippen LogP contribution in [-0.4, -0.2) is 25.8 Å². The molecule has 1 N–H and O–H groups in total. The van der Waals surface area contributed by atoms with Crippen molar-refractivity contribution in [3.8, 4) is 6.07 Å². The zero-order valence-electron chi connectivity index (χ0n) is 23.8. The van der Waals surface area contributed by atoms with Crippen LogP contribution in [0, 0.1) is 30.1 Å². The van der Waals surface area contributed by atoms with Gasteiger partial charge in [0.25, 0.3) is 0 Å². The number of aliphatic imine (C=N–C) groups is 1. The number of nitrogens with one attached hydrogen (secondary N) is 1. The van der Waals surface area contributed by atoms with Gasteiger partial charge in [-0.15, -0.1) is 0 Å². The van der Waals surface area contributed by atoms with Crippen molar-refractivity contribution in [2.75, 3.05) is 20.1 Å². The SMILES string of the molecule is C=C(CCNCC(C)C)C/C(C(=C)C)=C(C(=C/C(C)c1cc(C#N)ccc1C)\C1CCC1)/C(C)=N\C. The summed E-state index contributed by atoms with van der Waals surface area (Å²) in [5.41, 5.74) is 10.4. The normalized spacial score (nSPS) is 16.3. The zero-order valence-corrected chi connectivity index (χ0v) is 23.8. The van der Waals surface area contributed by atoms with Crippen LogP contribution in [0.2, 0.25) is 0 Å². The molecule has 0 amide bonds. The van der Waals surface area contributed by atoms with Crippen molar-refractivity contribution < 1.29 is 0 Å². The first-order chi connectivity index (χ1) is 17.1. The number of hydrogen-bond donors (Lipinski definition) is 1. The van der Waals surface area contributed by atoms with Gasteiger partial charge in [0.05, 0.1) is 11.6 Å². The van der Waals surface area contributed by atoms with E-state index in [0.717, 1.165) is 37.2 Å². The van der Waals surface area contributed by atoms with E-state index in [1.807, 2.05) is 19.2 Å². The quantitative estimate of drug-likeness (QED) is 0.132. The van der Waals surface area contributed by atoms with Crippen molar-refractivity contribution in [1.29, 1.82) is 5.26 Å². The highest BCUT2D eigenvalue weighted by Gasteiger charge is 2.28. The lowest BCUT2D eigenvalue weighted by Gasteiger charge is -2.33. The summed E-state index contributed by atoms with van der Waals surface area (Å²) in [7, 11) is 1.89. The maximum atomic E-state index is 9.46. The first kappa shape index (κ1) is 29.5. The molecule has 1 saturated carbocycles. The lowest BCUT2D eigenvalue weighted by Crippen LogP contribution is -2.22. The zero-order chi connectivity index (χ0) is 26.8. The number of benzene rings is 1. The molecule has 1 aliphatic carbocycles. The molecule has 0 heterocycles. The predicted molar refractivity (Wildman–Crippen MR) is 157 cm³/mol. The number of hydrogen-bond acceptors (Lipinski definition) is 3. The average molecular weight is 486 g/mol. The molecule has 0 bridgehead atoms. The Bertz CT molecular complexity index is 1070. The van der Waals surface area contributed by atoms with Crippen LogP contribution < -0.4 is 5.32 Å². The van der Waals surface area contributed by atoms with E-state index in [9.17, 15) is 5.26 Å². The minimum Gasteiger partial charge on any atom is -0.316 e. The Balaban J connectivity index is 2.52. The van der Waals surface area contributed by atoms with E-state index >= 15 is 0 Å². The van der Waals surface area contributed by atoms with Crippen molar-refractivity contribution >= 4 is 5.71 Å². The minimum atomic E-state index is 0.198. The second-order valence-electron chi connectivity index (χ2n) is 10.9. The lowest BCUT2D eigenvalue weighted by molar-refractivity contribution is 0.371. The van der Waals surface area contributed by atoms with Crippen LogP contribution in [0.4, 0.5) is 0 Å². The van der Waals surface area contributed by atoms with Crippen molar-refractivity contribution in [3.05, 3.63) is 82.0 Å². The van der Waals surface area contributed by atoms with E-state index in [-0.39, 0.29) is 5.92 Å². The third-order valence-electron chi connectivity index (χ3n) is 7.31. The fraction of sp³-hybridized carbons (Fsp3) is 0.515. The van der Waals surface area contributed by atoms with Gasteiger partial charge in [-0.05, 0) is 112 Å². The summed E-state index contributed by atoms with van der Waals surface area (Å²) in [6, 6.07) is 8.32. The molecule has 0 aromatic heterocycles. The highest BCUT2D eigenvalue weighted by atomic mass is 14.8. The molecule has 2 rings (SSSR count). The fourth-order valence-corrected chi connectivity index (χ4v) is 4.86. The number of rotatable bonds is 13. The number of allylic oxidation sites excluding steroid dienone is 5. The van der Waals surface area contributed by atoms with Gasteiger partial charge < -0.3 is 5.32 Å². The van der Waals surface area contributed by atoms with E-state index in [1.165, 1.54) is 52.7 Å². The molecule has 0 saturated heterocycles. The molecule has 1 atom stereocenters. The summed E-state index contributed by atoms with van der Waals surface area (Å²) in [4.78, 5) is 4.67. The summed E-state index contributed by atoms with van der Waals surface area (Å²) in [6.07, 6.45) is 7.90. The molecule has 0 spiro atoms. The highest BCUT2D eigenvalue weighted by Crippen LogP contribution is 2.42. The number of aryl methyl sites for hydroxylation is 1. The van der Waals surface area contributed by atoms with Crippen LogP contribution in [0.15, 0.2) is 70.3 Å². The highest BCUT2D eigenvalue weighted by molar-refractivity contribution is 6.03. The van der Waals surface area contributed by atoms with E-state index in [0.29, 0.717) is 17.4 Å². The van der Waals surface area contributed by atoms with Gasteiger partial charge in [0.1, 0.15) is 0 Å². The molecule has 0 aliphatic heterocycles. The van der Waals surface area contributed by atoms with E-state index in [2.05, 4.69) is 83.2 Å². The molecule has 1 fully saturated rings.